The van der Waals surface area contributed by atoms with E-state index in [0.29, 0.717) is 5.56 Å². The number of sulfonamides is 1. The predicted molar refractivity (Wildman–Crippen MR) is 67.0 cm³/mol. The molecule has 0 aliphatic carbocycles. The van der Waals surface area contributed by atoms with Gasteiger partial charge in [0.1, 0.15) is 6.04 Å². The molecule has 1 rings (SSSR count). The van der Waals surface area contributed by atoms with E-state index in [0.717, 1.165) is 4.47 Å². The van der Waals surface area contributed by atoms with E-state index in [1.165, 1.54) is 6.92 Å². The van der Waals surface area contributed by atoms with Gasteiger partial charge in [-0.1, -0.05) is 28.1 Å². The lowest BCUT2D eigenvalue weighted by molar-refractivity contribution is -0.138. The molecule has 0 radical (unpaired) electrons. The number of carbonyl (C=O) groups is 1. The molecule has 5 nitrogen and oxygen atoms in total. The van der Waals surface area contributed by atoms with E-state index in [-0.39, 0.29) is 5.75 Å². The van der Waals surface area contributed by atoms with Gasteiger partial charge in [-0.15, -0.1) is 0 Å². The number of hydrogen-bond donors (Lipinski definition) is 2. The monoisotopic (exact) mass is 321 g/mol. The zero-order valence-corrected chi connectivity index (χ0v) is 11.5. The Bertz CT molecular complexity index is 498. The first-order chi connectivity index (χ1) is 7.80. The van der Waals surface area contributed by atoms with Crippen molar-refractivity contribution < 1.29 is 18.3 Å². The fourth-order valence-corrected chi connectivity index (χ4v) is 2.78. The third kappa shape index (κ3) is 4.84. The lowest BCUT2D eigenvalue weighted by Crippen LogP contribution is -2.38. The highest BCUT2D eigenvalue weighted by Gasteiger charge is 2.19. The van der Waals surface area contributed by atoms with Crippen LogP contribution in [0.5, 0.6) is 0 Å². The van der Waals surface area contributed by atoms with Crippen LogP contribution in [0.1, 0.15) is 12.5 Å². The number of aliphatic carboxylic acids is 1. The normalized spacial score (nSPS) is 13.3. The van der Waals surface area contributed by atoms with Crippen molar-refractivity contribution in [2.45, 2.75) is 18.7 Å². The summed E-state index contributed by atoms with van der Waals surface area (Å²) in [5.74, 6) is -1.44. The molecule has 0 heterocycles. The Labute approximate surface area is 108 Å². The molecule has 0 aliphatic rings. The number of halogens is 1. The summed E-state index contributed by atoms with van der Waals surface area (Å²) in [6.07, 6.45) is 0. The van der Waals surface area contributed by atoms with Gasteiger partial charge < -0.3 is 5.11 Å². The molecule has 0 saturated carbocycles. The van der Waals surface area contributed by atoms with Crippen LogP contribution in [0.2, 0.25) is 0 Å². The Hall–Kier alpha value is -0.920. The molecule has 0 aromatic heterocycles. The molecule has 0 amide bonds. The summed E-state index contributed by atoms with van der Waals surface area (Å²) in [6.45, 7) is 1.28. The summed E-state index contributed by atoms with van der Waals surface area (Å²) in [4.78, 5) is 10.5. The molecule has 1 aromatic carbocycles. The number of hydrogen-bond acceptors (Lipinski definition) is 3. The van der Waals surface area contributed by atoms with E-state index in [1.807, 2.05) is 0 Å². The van der Waals surface area contributed by atoms with Crippen LogP contribution in [0.25, 0.3) is 0 Å². The van der Waals surface area contributed by atoms with Gasteiger partial charge >= 0.3 is 5.97 Å². The molecule has 0 fully saturated rings. The van der Waals surface area contributed by atoms with Gasteiger partial charge in [-0.2, -0.15) is 0 Å². The van der Waals surface area contributed by atoms with E-state index in [4.69, 9.17) is 5.11 Å². The third-order valence-electron chi connectivity index (χ3n) is 2.00. The highest BCUT2D eigenvalue weighted by atomic mass is 79.9. The molecule has 0 saturated heterocycles. The largest absolute Gasteiger partial charge is 0.480 e. The fraction of sp³-hybridized carbons (Fsp3) is 0.300. The molecule has 2 N–H and O–H groups in total. The van der Waals surface area contributed by atoms with Crippen LogP contribution in [0.3, 0.4) is 0 Å². The van der Waals surface area contributed by atoms with Gasteiger partial charge in [-0.3, -0.25) is 4.79 Å². The summed E-state index contributed by atoms with van der Waals surface area (Å²) < 4.78 is 26.2. The molecule has 0 aliphatic heterocycles. The zero-order chi connectivity index (χ0) is 13.1. The minimum atomic E-state index is -3.64. The summed E-state index contributed by atoms with van der Waals surface area (Å²) in [7, 11) is -3.64. The van der Waals surface area contributed by atoms with Crippen molar-refractivity contribution in [1.29, 1.82) is 0 Å². The van der Waals surface area contributed by atoms with Gasteiger partial charge in [-0.05, 0) is 24.6 Å². The molecule has 17 heavy (non-hydrogen) atoms. The Balaban J connectivity index is 2.73. The predicted octanol–water partition coefficient (Wildman–Crippen LogP) is 1.34. The van der Waals surface area contributed by atoms with Crippen LogP contribution in [0.15, 0.2) is 28.7 Å². The Morgan fingerprint density at radius 2 is 1.94 bits per heavy atom. The van der Waals surface area contributed by atoms with E-state index >= 15 is 0 Å². The molecule has 0 bridgehead atoms. The maximum Gasteiger partial charge on any atom is 0.321 e. The molecule has 1 atom stereocenters. The van der Waals surface area contributed by atoms with E-state index in [9.17, 15) is 13.2 Å². The summed E-state index contributed by atoms with van der Waals surface area (Å²) in [5.41, 5.74) is 0.596. The van der Waals surface area contributed by atoms with Gasteiger partial charge in [0.05, 0.1) is 5.75 Å². The van der Waals surface area contributed by atoms with Crippen LogP contribution in [-0.2, 0) is 20.6 Å². The van der Waals surface area contributed by atoms with Crippen molar-refractivity contribution in [2.24, 2.45) is 0 Å². The first-order valence-corrected chi connectivity index (χ1v) is 7.22. The second kappa shape index (κ2) is 5.61. The van der Waals surface area contributed by atoms with Gasteiger partial charge in [0.25, 0.3) is 0 Å². The minimum Gasteiger partial charge on any atom is -0.480 e. The fourth-order valence-electron chi connectivity index (χ4n) is 1.16. The van der Waals surface area contributed by atoms with Crippen molar-refractivity contribution in [1.82, 2.24) is 4.72 Å². The van der Waals surface area contributed by atoms with Crippen LogP contribution < -0.4 is 4.72 Å². The van der Waals surface area contributed by atoms with E-state index in [2.05, 4.69) is 20.7 Å². The second-order valence-corrected chi connectivity index (χ2v) is 6.23. The van der Waals surface area contributed by atoms with Crippen LogP contribution >= 0.6 is 15.9 Å². The third-order valence-corrected chi connectivity index (χ3v) is 3.95. The molecule has 0 spiro atoms. The molecule has 1 unspecified atom stereocenters. The Morgan fingerprint density at radius 1 is 1.41 bits per heavy atom. The highest BCUT2D eigenvalue weighted by Crippen LogP contribution is 2.12. The molecule has 7 heteroatoms. The zero-order valence-electron chi connectivity index (χ0n) is 9.05. The highest BCUT2D eigenvalue weighted by molar-refractivity contribution is 9.10. The molecular weight excluding hydrogens is 310 g/mol. The van der Waals surface area contributed by atoms with Gasteiger partial charge in [-0.25, -0.2) is 13.1 Å². The topological polar surface area (TPSA) is 83.5 Å². The number of rotatable bonds is 5. The maximum absolute atomic E-state index is 11.6. The maximum atomic E-state index is 11.6. The van der Waals surface area contributed by atoms with Crippen molar-refractivity contribution in [2.75, 3.05) is 0 Å². The number of benzene rings is 1. The first kappa shape index (κ1) is 14.1. The quantitative estimate of drug-likeness (QED) is 0.857. The average Bonchev–Trinajstić information content (AvgIpc) is 2.20. The smallest absolute Gasteiger partial charge is 0.321 e. The van der Waals surface area contributed by atoms with Gasteiger partial charge in [0.15, 0.2) is 0 Å². The standard InChI is InChI=1S/C10H12BrNO4S/c1-7(10(13)14)12-17(15,16)6-8-2-4-9(11)5-3-8/h2-5,7,12H,6H2,1H3,(H,13,14). The van der Waals surface area contributed by atoms with Crippen LogP contribution in [-0.4, -0.2) is 25.5 Å². The molecular formula is C10H12BrNO4S. The Morgan fingerprint density at radius 3 is 2.41 bits per heavy atom. The van der Waals surface area contributed by atoms with Crippen LogP contribution in [0.4, 0.5) is 0 Å². The van der Waals surface area contributed by atoms with Crippen molar-refractivity contribution >= 4 is 31.9 Å². The summed E-state index contributed by atoms with van der Waals surface area (Å²) in [5, 5.41) is 8.61. The molecule has 94 valence electrons. The van der Waals surface area contributed by atoms with Gasteiger partial charge in [0.2, 0.25) is 10.0 Å². The second-order valence-electron chi connectivity index (χ2n) is 3.56. The number of carboxylic acids is 1. The van der Waals surface area contributed by atoms with Crippen molar-refractivity contribution in [3.8, 4) is 0 Å². The summed E-state index contributed by atoms with van der Waals surface area (Å²) in [6, 6.07) is 5.65. The number of nitrogens with one attached hydrogen (secondary N) is 1. The van der Waals surface area contributed by atoms with E-state index in [1.54, 1.807) is 24.3 Å². The molecule has 1 aromatic rings. The Kier molecular flexibility index (Phi) is 4.67. The average molecular weight is 322 g/mol. The van der Waals surface area contributed by atoms with Crippen LogP contribution in [0, 0.1) is 0 Å². The first-order valence-electron chi connectivity index (χ1n) is 4.77. The summed E-state index contributed by atoms with van der Waals surface area (Å²) >= 11 is 3.24. The van der Waals surface area contributed by atoms with Crippen molar-refractivity contribution in [3.63, 3.8) is 0 Å². The minimum absolute atomic E-state index is 0.238. The van der Waals surface area contributed by atoms with E-state index < -0.39 is 22.0 Å². The SMILES string of the molecule is CC(NS(=O)(=O)Cc1ccc(Br)cc1)C(=O)O. The van der Waals surface area contributed by atoms with Crippen molar-refractivity contribution in [3.05, 3.63) is 34.3 Å². The van der Waals surface area contributed by atoms with Gasteiger partial charge in [0, 0.05) is 4.47 Å². The lowest BCUT2D eigenvalue weighted by atomic mass is 10.2. The number of carboxylic acid groups (broad SMARTS) is 1. The lowest BCUT2D eigenvalue weighted by Gasteiger charge is -2.10.